The van der Waals surface area contributed by atoms with Crippen molar-refractivity contribution in [3.63, 3.8) is 0 Å². The molecule has 106 valence electrons. The van der Waals surface area contributed by atoms with Crippen LogP contribution in [0.1, 0.15) is 10.4 Å². The molecule has 9 heteroatoms. The van der Waals surface area contributed by atoms with E-state index in [0.717, 1.165) is 25.2 Å². The first kappa shape index (κ1) is 15.4. The minimum Gasteiger partial charge on any atom is -0.336 e. The minimum atomic E-state index is -4.33. The maximum Gasteiger partial charge on any atom is 0.255 e. The molecule has 0 saturated heterocycles. The molecule has 0 aromatic heterocycles. The highest BCUT2D eigenvalue weighted by molar-refractivity contribution is 7.89. The van der Waals surface area contributed by atoms with Gasteiger partial charge in [0.15, 0.2) is 0 Å². The molecule has 1 amide bonds. The summed E-state index contributed by atoms with van der Waals surface area (Å²) in [5, 5.41) is 4.77. The first-order valence-electron chi connectivity index (χ1n) is 4.99. The molecule has 0 fully saturated rings. The van der Waals surface area contributed by atoms with Crippen LogP contribution in [0, 0.1) is 5.82 Å². The van der Waals surface area contributed by atoms with Gasteiger partial charge in [-0.3, -0.25) is 4.79 Å². The summed E-state index contributed by atoms with van der Waals surface area (Å²) >= 11 is 0. The second kappa shape index (κ2) is 5.57. The number of benzene rings is 1. The van der Waals surface area contributed by atoms with Gasteiger partial charge in [-0.1, -0.05) is 0 Å². The molecular weight excluding hydrogens is 285 g/mol. The van der Waals surface area contributed by atoms with E-state index < -0.39 is 39.6 Å². The fourth-order valence-corrected chi connectivity index (χ4v) is 2.00. The summed E-state index contributed by atoms with van der Waals surface area (Å²) in [5.74, 6) is -1.97. The van der Waals surface area contributed by atoms with Gasteiger partial charge in [0.1, 0.15) is 10.7 Å². The maximum atomic E-state index is 13.2. The van der Waals surface area contributed by atoms with Crippen molar-refractivity contribution in [2.75, 3.05) is 13.6 Å². The number of sulfonamides is 1. The lowest BCUT2D eigenvalue weighted by molar-refractivity contribution is 0.0620. The van der Waals surface area contributed by atoms with E-state index in [1.165, 1.54) is 0 Å². The largest absolute Gasteiger partial charge is 0.336 e. The fourth-order valence-electron chi connectivity index (χ4n) is 1.36. The van der Waals surface area contributed by atoms with Crippen LogP contribution >= 0.6 is 0 Å². The number of alkyl halides is 2. The monoisotopic (exact) mass is 296 g/mol. The number of hydrogen-bond acceptors (Lipinski definition) is 3. The zero-order valence-electron chi connectivity index (χ0n) is 9.81. The average Bonchev–Trinajstić information content (AvgIpc) is 2.26. The molecule has 0 spiro atoms. The zero-order chi connectivity index (χ0) is 14.8. The number of nitrogens with two attached hydrogens (primary N) is 1. The van der Waals surface area contributed by atoms with Gasteiger partial charge in [-0.15, -0.1) is 0 Å². The molecule has 1 rings (SSSR count). The molecule has 5 nitrogen and oxygen atoms in total. The quantitative estimate of drug-likeness (QED) is 0.893. The Hall–Kier alpha value is -1.61. The minimum absolute atomic E-state index is 0.242. The van der Waals surface area contributed by atoms with Crippen molar-refractivity contribution in [2.24, 2.45) is 5.14 Å². The molecule has 0 aliphatic carbocycles. The van der Waals surface area contributed by atoms with E-state index in [1.807, 2.05) is 0 Å². The molecule has 0 unspecified atom stereocenters. The summed E-state index contributed by atoms with van der Waals surface area (Å²) in [6, 6.07) is 2.45. The lowest BCUT2D eigenvalue weighted by Gasteiger charge is -2.16. The van der Waals surface area contributed by atoms with E-state index in [0.29, 0.717) is 4.90 Å². The van der Waals surface area contributed by atoms with Crippen molar-refractivity contribution >= 4 is 15.9 Å². The van der Waals surface area contributed by atoms with Crippen molar-refractivity contribution in [1.82, 2.24) is 4.90 Å². The summed E-state index contributed by atoms with van der Waals surface area (Å²) in [4.78, 5) is 11.5. The number of amides is 1. The first-order valence-corrected chi connectivity index (χ1v) is 6.53. The Kier molecular flexibility index (Phi) is 4.53. The molecule has 1 aromatic rings. The Morgan fingerprint density at radius 2 is 2.00 bits per heavy atom. The molecule has 0 atom stereocenters. The standard InChI is InChI=1S/C10H11F3N2O3S/c1-15(5-9(12)13)10(16)6-2-3-7(11)8(4-6)19(14,17)18/h2-4,9H,5H2,1H3,(H2,14,17,18). The number of nitrogens with zero attached hydrogens (tertiary/aromatic N) is 1. The summed E-state index contributed by atoms with van der Waals surface area (Å²) in [6.45, 7) is -0.819. The van der Waals surface area contributed by atoms with E-state index in [4.69, 9.17) is 5.14 Å². The van der Waals surface area contributed by atoms with Crippen molar-refractivity contribution in [1.29, 1.82) is 0 Å². The van der Waals surface area contributed by atoms with E-state index in [1.54, 1.807) is 0 Å². The number of rotatable bonds is 4. The molecule has 0 aliphatic heterocycles. The van der Waals surface area contributed by atoms with E-state index >= 15 is 0 Å². The Labute approximate surface area is 107 Å². The molecule has 0 heterocycles. The van der Waals surface area contributed by atoms with Crippen LogP contribution in [0.3, 0.4) is 0 Å². The zero-order valence-corrected chi connectivity index (χ0v) is 10.6. The lowest BCUT2D eigenvalue weighted by Crippen LogP contribution is -2.31. The smallest absolute Gasteiger partial charge is 0.255 e. The summed E-state index contributed by atoms with van der Waals surface area (Å²) in [6.07, 6.45) is -2.73. The van der Waals surface area contributed by atoms with Crippen molar-refractivity contribution in [3.05, 3.63) is 29.6 Å². The van der Waals surface area contributed by atoms with Crippen molar-refractivity contribution in [3.8, 4) is 0 Å². The average molecular weight is 296 g/mol. The molecule has 1 aromatic carbocycles. The van der Waals surface area contributed by atoms with Crippen LogP contribution < -0.4 is 5.14 Å². The van der Waals surface area contributed by atoms with Gasteiger partial charge in [-0.05, 0) is 18.2 Å². The van der Waals surface area contributed by atoms with E-state index in [2.05, 4.69) is 0 Å². The number of halogens is 3. The third kappa shape index (κ3) is 3.93. The van der Waals surface area contributed by atoms with Crippen molar-refractivity contribution in [2.45, 2.75) is 11.3 Å². The summed E-state index contributed by atoms with van der Waals surface area (Å²) in [5.41, 5.74) is -0.242. The predicted octanol–water partition coefficient (Wildman–Crippen LogP) is 0.810. The number of primary sulfonamides is 1. The normalized spacial score (nSPS) is 11.7. The van der Waals surface area contributed by atoms with Crippen LogP contribution in [0.2, 0.25) is 0 Å². The summed E-state index contributed by atoms with van der Waals surface area (Å²) in [7, 11) is -3.21. The Morgan fingerprint density at radius 1 is 1.42 bits per heavy atom. The maximum absolute atomic E-state index is 13.2. The van der Waals surface area contributed by atoms with Gasteiger partial charge in [0.2, 0.25) is 10.0 Å². The predicted molar refractivity (Wildman–Crippen MR) is 60.7 cm³/mol. The molecule has 0 saturated carbocycles. The SMILES string of the molecule is CN(CC(F)F)C(=O)c1ccc(F)c(S(N)(=O)=O)c1. The Bertz CT molecular complexity index is 590. The molecule has 19 heavy (non-hydrogen) atoms. The van der Waals surface area contributed by atoms with E-state index in [-0.39, 0.29) is 5.56 Å². The van der Waals surface area contributed by atoms with Crippen LogP contribution in [0.15, 0.2) is 23.1 Å². The highest BCUT2D eigenvalue weighted by Crippen LogP contribution is 2.16. The van der Waals surface area contributed by atoms with E-state index in [9.17, 15) is 26.4 Å². The lowest BCUT2D eigenvalue weighted by atomic mass is 10.2. The van der Waals surface area contributed by atoms with Crippen LogP contribution in [-0.4, -0.2) is 39.2 Å². The van der Waals surface area contributed by atoms with Crippen LogP contribution in [0.5, 0.6) is 0 Å². The van der Waals surface area contributed by atoms with Gasteiger partial charge in [-0.2, -0.15) is 0 Å². The van der Waals surface area contributed by atoms with Gasteiger partial charge in [0, 0.05) is 12.6 Å². The van der Waals surface area contributed by atoms with Crippen LogP contribution in [-0.2, 0) is 10.0 Å². The number of hydrogen-bond donors (Lipinski definition) is 1. The van der Waals surface area contributed by atoms with Gasteiger partial charge in [-0.25, -0.2) is 26.7 Å². The van der Waals surface area contributed by atoms with Gasteiger partial charge >= 0.3 is 0 Å². The third-order valence-electron chi connectivity index (χ3n) is 2.24. The third-order valence-corrected chi connectivity index (χ3v) is 3.17. The van der Waals surface area contributed by atoms with Gasteiger partial charge in [0.05, 0.1) is 6.54 Å². The Morgan fingerprint density at radius 3 is 2.47 bits per heavy atom. The van der Waals surface area contributed by atoms with Crippen LogP contribution in [0.4, 0.5) is 13.2 Å². The fraction of sp³-hybridized carbons (Fsp3) is 0.300. The number of carbonyl (C=O) groups is 1. The highest BCUT2D eigenvalue weighted by Gasteiger charge is 2.20. The van der Waals surface area contributed by atoms with Crippen molar-refractivity contribution < 1.29 is 26.4 Å². The second-order valence-electron chi connectivity index (χ2n) is 3.77. The summed E-state index contributed by atoms with van der Waals surface area (Å²) < 4.78 is 59.6. The topological polar surface area (TPSA) is 80.5 Å². The second-order valence-corrected chi connectivity index (χ2v) is 5.30. The molecular formula is C10H11F3N2O3S. The molecule has 0 aliphatic rings. The molecule has 0 radical (unpaired) electrons. The number of carbonyl (C=O) groups excluding carboxylic acids is 1. The van der Waals surface area contributed by atoms with Gasteiger partial charge in [0.25, 0.3) is 12.3 Å². The van der Waals surface area contributed by atoms with Gasteiger partial charge < -0.3 is 4.90 Å². The highest BCUT2D eigenvalue weighted by atomic mass is 32.2. The Balaban J connectivity index is 3.13. The molecule has 0 bridgehead atoms. The molecule has 2 N–H and O–H groups in total. The van der Waals surface area contributed by atoms with Crippen LogP contribution in [0.25, 0.3) is 0 Å². The first-order chi connectivity index (χ1) is 8.62.